The second kappa shape index (κ2) is 4.31. The molecule has 90 valence electrons. The van der Waals surface area contributed by atoms with Crippen molar-refractivity contribution in [3.8, 4) is 6.07 Å². The van der Waals surface area contributed by atoms with E-state index in [1.165, 1.54) is 0 Å². The van der Waals surface area contributed by atoms with Crippen molar-refractivity contribution in [1.29, 1.82) is 5.26 Å². The Balaban J connectivity index is 1.74. The molecule has 0 bridgehead atoms. The summed E-state index contributed by atoms with van der Waals surface area (Å²) in [7, 11) is 2.09. The molecule has 0 N–H and O–H groups in total. The summed E-state index contributed by atoms with van der Waals surface area (Å²) in [5.74, 6) is 3.87. The molecule has 1 saturated heterocycles. The average Bonchev–Trinajstić information content (AvgIpc) is 2.99. The Morgan fingerprint density at radius 1 is 1.59 bits per heavy atom. The van der Waals surface area contributed by atoms with Crippen molar-refractivity contribution in [2.75, 3.05) is 25.1 Å². The predicted octanol–water partition coefficient (Wildman–Crippen LogP) is 1.42. The third-order valence-corrected chi connectivity index (χ3v) is 4.45. The largest absolute Gasteiger partial charge is 0.339 e. The summed E-state index contributed by atoms with van der Waals surface area (Å²) in [6.45, 7) is 1.06. The van der Waals surface area contributed by atoms with Crippen LogP contribution in [0, 0.1) is 17.2 Å². The molecule has 17 heavy (non-hydrogen) atoms. The van der Waals surface area contributed by atoms with Gasteiger partial charge in [-0.15, -0.1) is 0 Å². The standard InChI is InChI=1S/C11H14N4OS/c1-15-2-3-17-6-9(15)10-13-11(16-14-10)8-4-7(8)5-12/h7-9H,2-4,6H2,1H3. The predicted molar refractivity (Wildman–Crippen MR) is 63.5 cm³/mol. The number of aromatic nitrogens is 2. The van der Waals surface area contributed by atoms with Gasteiger partial charge in [0.15, 0.2) is 5.82 Å². The van der Waals surface area contributed by atoms with Crippen molar-refractivity contribution in [3.05, 3.63) is 11.7 Å². The van der Waals surface area contributed by atoms with E-state index in [9.17, 15) is 0 Å². The van der Waals surface area contributed by atoms with Gasteiger partial charge in [0.1, 0.15) is 0 Å². The van der Waals surface area contributed by atoms with Gasteiger partial charge >= 0.3 is 0 Å². The summed E-state index contributed by atoms with van der Waals surface area (Å²) in [6, 6.07) is 2.50. The normalized spacial score (nSPS) is 33.3. The number of nitriles is 1. The van der Waals surface area contributed by atoms with E-state index in [0.717, 1.165) is 30.3 Å². The maximum Gasteiger partial charge on any atom is 0.231 e. The second-order valence-corrected chi connectivity index (χ2v) is 5.79. The molecule has 3 unspecified atom stereocenters. The summed E-state index contributed by atoms with van der Waals surface area (Å²) in [5, 5.41) is 12.9. The minimum atomic E-state index is 0.0850. The zero-order chi connectivity index (χ0) is 11.8. The third kappa shape index (κ3) is 2.05. The molecule has 5 nitrogen and oxygen atoms in total. The lowest BCUT2D eigenvalue weighted by atomic mass is 10.2. The van der Waals surface area contributed by atoms with E-state index in [0.29, 0.717) is 5.89 Å². The van der Waals surface area contributed by atoms with Crippen molar-refractivity contribution < 1.29 is 4.52 Å². The van der Waals surface area contributed by atoms with Crippen molar-refractivity contribution >= 4 is 11.8 Å². The number of rotatable bonds is 2. The maximum atomic E-state index is 8.78. The molecule has 1 aromatic rings. The molecule has 0 aromatic carbocycles. The minimum absolute atomic E-state index is 0.0850. The topological polar surface area (TPSA) is 66.0 Å². The van der Waals surface area contributed by atoms with Crippen LogP contribution >= 0.6 is 11.8 Å². The molecule has 2 heterocycles. The van der Waals surface area contributed by atoms with E-state index in [-0.39, 0.29) is 17.9 Å². The van der Waals surface area contributed by atoms with Crippen LogP contribution in [0.5, 0.6) is 0 Å². The van der Waals surface area contributed by atoms with Crippen LogP contribution in [0.15, 0.2) is 4.52 Å². The lowest BCUT2D eigenvalue weighted by Crippen LogP contribution is -2.33. The lowest BCUT2D eigenvalue weighted by molar-refractivity contribution is 0.256. The van der Waals surface area contributed by atoms with Gasteiger partial charge in [0.05, 0.1) is 23.9 Å². The van der Waals surface area contributed by atoms with Gasteiger partial charge in [-0.25, -0.2) is 0 Å². The molecule has 3 atom stereocenters. The SMILES string of the molecule is CN1CCSCC1c1noc(C2CC2C#N)n1. The van der Waals surface area contributed by atoms with Gasteiger partial charge in [-0.05, 0) is 13.5 Å². The van der Waals surface area contributed by atoms with Gasteiger partial charge in [-0.1, -0.05) is 5.16 Å². The van der Waals surface area contributed by atoms with Gasteiger partial charge in [0.2, 0.25) is 5.89 Å². The van der Waals surface area contributed by atoms with Crippen LogP contribution in [0.4, 0.5) is 0 Å². The van der Waals surface area contributed by atoms with Gasteiger partial charge in [0.25, 0.3) is 0 Å². The highest BCUT2D eigenvalue weighted by molar-refractivity contribution is 7.99. The Bertz CT molecular complexity index is 455. The first-order chi connectivity index (χ1) is 8.29. The quantitative estimate of drug-likeness (QED) is 0.790. The first-order valence-corrected chi connectivity index (χ1v) is 6.96. The van der Waals surface area contributed by atoms with E-state index >= 15 is 0 Å². The monoisotopic (exact) mass is 250 g/mol. The first-order valence-electron chi connectivity index (χ1n) is 5.80. The van der Waals surface area contributed by atoms with Crippen molar-refractivity contribution in [3.63, 3.8) is 0 Å². The Morgan fingerprint density at radius 3 is 3.18 bits per heavy atom. The summed E-state index contributed by atoms with van der Waals surface area (Å²) in [6.07, 6.45) is 0.868. The summed E-state index contributed by atoms with van der Waals surface area (Å²) < 4.78 is 5.27. The van der Waals surface area contributed by atoms with Crippen molar-refractivity contribution in [2.45, 2.75) is 18.4 Å². The van der Waals surface area contributed by atoms with Gasteiger partial charge in [-0.2, -0.15) is 22.0 Å². The highest BCUT2D eigenvalue weighted by atomic mass is 32.2. The molecule has 1 aromatic heterocycles. The van der Waals surface area contributed by atoms with Crippen LogP contribution in [0.25, 0.3) is 0 Å². The van der Waals surface area contributed by atoms with Gasteiger partial charge in [0, 0.05) is 18.1 Å². The highest BCUT2D eigenvalue weighted by Gasteiger charge is 2.43. The molecule has 3 rings (SSSR count). The van der Waals surface area contributed by atoms with E-state index in [4.69, 9.17) is 9.78 Å². The summed E-state index contributed by atoms with van der Waals surface area (Å²) >= 11 is 1.92. The first kappa shape index (κ1) is 11.1. The molecular formula is C11H14N4OS. The summed E-state index contributed by atoms with van der Waals surface area (Å²) in [5.41, 5.74) is 0. The molecule has 1 saturated carbocycles. The number of nitrogens with zero attached hydrogens (tertiary/aromatic N) is 4. The third-order valence-electron chi connectivity index (χ3n) is 3.43. The molecule has 0 spiro atoms. The van der Waals surface area contributed by atoms with Crippen molar-refractivity contribution in [1.82, 2.24) is 15.0 Å². The molecule has 2 fully saturated rings. The Kier molecular flexibility index (Phi) is 2.81. The fourth-order valence-electron chi connectivity index (χ4n) is 2.10. The van der Waals surface area contributed by atoms with E-state index in [1.807, 2.05) is 11.8 Å². The minimum Gasteiger partial charge on any atom is -0.339 e. The maximum absolute atomic E-state index is 8.78. The average molecular weight is 250 g/mol. The fourth-order valence-corrected chi connectivity index (χ4v) is 3.31. The molecular weight excluding hydrogens is 236 g/mol. The number of hydrogen-bond donors (Lipinski definition) is 0. The van der Waals surface area contributed by atoms with E-state index in [1.54, 1.807) is 0 Å². The zero-order valence-corrected chi connectivity index (χ0v) is 10.5. The smallest absolute Gasteiger partial charge is 0.231 e. The van der Waals surface area contributed by atoms with Gasteiger partial charge in [-0.3, -0.25) is 4.90 Å². The second-order valence-electron chi connectivity index (χ2n) is 4.64. The molecule has 1 aliphatic heterocycles. The van der Waals surface area contributed by atoms with Crippen molar-refractivity contribution in [2.24, 2.45) is 5.92 Å². The Labute approximate surface area is 104 Å². The molecule has 6 heteroatoms. The number of hydrogen-bond acceptors (Lipinski definition) is 6. The van der Waals surface area contributed by atoms with Crippen LogP contribution in [-0.2, 0) is 0 Å². The van der Waals surface area contributed by atoms with Gasteiger partial charge < -0.3 is 4.52 Å². The highest BCUT2D eigenvalue weighted by Crippen LogP contribution is 2.46. The van der Waals surface area contributed by atoms with E-state index < -0.39 is 0 Å². The van der Waals surface area contributed by atoms with Crippen LogP contribution < -0.4 is 0 Å². The summed E-state index contributed by atoms with van der Waals surface area (Å²) in [4.78, 5) is 6.72. The van der Waals surface area contributed by atoms with Crippen LogP contribution in [0.3, 0.4) is 0 Å². The molecule has 1 aliphatic carbocycles. The Hall–Kier alpha value is -1.06. The molecule has 2 aliphatic rings. The zero-order valence-electron chi connectivity index (χ0n) is 9.67. The van der Waals surface area contributed by atoms with Crippen LogP contribution in [-0.4, -0.2) is 40.1 Å². The van der Waals surface area contributed by atoms with Crippen LogP contribution in [0.2, 0.25) is 0 Å². The lowest BCUT2D eigenvalue weighted by Gasteiger charge is -2.29. The van der Waals surface area contributed by atoms with Crippen LogP contribution in [0.1, 0.15) is 30.1 Å². The fraction of sp³-hybridized carbons (Fsp3) is 0.727. The van der Waals surface area contributed by atoms with E-state index in [2.05, 4.69) is 28.2 Å². The Morgan fingerprint density at radius 2 is 2.47 bits per heavy atom. The number of thioether (sulfide) groups is 1. The molecule has 0 radical (unpaired) electrons. The molecule has 0 amide bonds.